The summed E-state index contributed by atoms with van der Waals surface area (Å²) in [5, 5.41) is 11.5. The van der Waals surface area contributed by atoms with E-state index in [-0.39, 0.29) is 6.04 Å². The third-order valence-electron chi connectivity index (χ3n) is 5.56. The van der Waals surface area contributed by atoms with Crippen LogP contribution in [-0.4, -0.2) is 40.2 Å². The second-order valence-electron chi connectivity index (χ2n) is 7.74. The number of hydrogen-bond acceptors (Lipinski definition) is 5. The maximum atomic E-state index is 12.7. The molecule has 0 saturated carbocycles. The van der Waals surface area contributed by atoms with Gasteiger partial charge in [0.2, 0.25) is 5.95 Å². The van der Waals surface area contributed by atoms with Gasteiger partial charge >= 0.3 is 0 Å². The first-order chi connectivity index (χ1) is 15.7. The normalized spacial score (nSPS) is 15.8. The number of anilines is 2. The summed E-state index contributed by atoms with van der Waals surface area (Å²) in [6.07, 6.45) is 1.20. The van der Waals surface area contributed by atoms with E-state index in [9.17, 15) is 8.78 Å². The Labute approximate surface area is 184 Å². The van der Waals surface area contributed by atoms with Crippen LogP contribution in [-0.2, 0) is 6.42 Å². The number of nitrogens with zero attached hydrogens (tertiary/aromatic N) is 3. The third kappa shape index (κ3) is 4.21. The molecule has 0 aliphatic carbocycles. The molecule has 5 rings (SSSR count). The molecule has 0 saturated heterocycles. The molecule has 1 atom stereocenters. The zero-order valence-electron chi connectivity index (χ0n) is 17.3. The lowest BCUT2D eigenvalue weighted by molar-refractivity contribution is 0.0822. The van der Waals surface area contributed by atoms with Crippen molar-refractivity contribution in [2.24, 2.45) is 0 Å². The van der Waals surface area contributed by atoms with Crippen LogP contribution < -0.4 is 15.4 Å². The van der Waals surface area contributed by atoms with E-state index in [0.717, 1.165) is 24.9 Å². The average molecular weight is 435 g/mol. The van der Waals surface area contributed by atoms with Crippen LogP contribution in [0.2, 0.25) is 0 Å². The summed E-state index contributed by atoms with van der Waals surface area (Å²) in [6, 6.07) is 19.4. The maximum absolute atomic E-state index is 12.7. The van der Waals surface area contributed by atoms with Crippen LogP contribution in [0, 0.1) is 0 Å². The predicted octanol–water partition coefficient (Wildman–Crippen LogP) is 4.88. The number of para-hydroxylation sites is 2. The molecule has 0 radical (unpaired) electrons. The summed E-state index contributed by atoms with van der Waals surface area (Å²) in [4.78, 5) is 4.71. The number of hydrogen-bond donors (Lipinski definition) is 2. The van der Waals surface area contributed by atoms with E-state index >= 15 is 0 Å². The van der Waals surface area contributed by atoms with Crippen molar-refractivity contribution >= 4 is 17.3 Å². The number of benzene rings is 2. The summed E-state index contributed by atoms with van der Waals surface area (Å²) in [5.41, 5.74) is 4.58. The topological polar surface area (TPSA) is 63.5 Å². The van der Waals surface area contributed by atoms with E-state index in [1.807, 2.05) is 36.5 Å². The highest BCUT2D eigenvalue weighted by Gasteiger charge is 2.19. The average Bonchev–Trinajstić information content (AvgIpc) is 3.11. The van der Waals surface area contributed by atoms with Gasteiger partial charge in [0.1, 0.15) is 12.4 Å². The number of aryl methyl sites for hydroxylation is 1. The first kappa shape index (κ1) is 20.2. The fourth-order valence-corrected chi connectivity index (χ4v) is 4.03. The zero-order chi connectivity index (χ0) is 21.9. The number of aromatic nitrogens is 3. The smallest absolute Gasteiger partial charge is 0.272 e. The van der Waals surface area contributed by atoms with Crippen LogP contribution >= 0.6 is 0 Å². The minimum absolute atomic E-state index is 0.171. The standard InChI is InChI=1S/C24H23F2N5O/c25-22(26)15-32-21-10-4-2-7-18(21)19-8-5-13-31-23(19)29-24(30-31)28-17-12-11-16-6-1-3-9-20(16)27-14-17/h1-10,13,17,22,27H,11-12,14-15H2,(H,28,30). The number of halogens is 2. The molecule has 2 aromatic carbocycles. The lowest BCUT2D eigenvalue weighted by atomic mass is 10.1. The van der Waals surface area contributed by atoms with Gasteiger partial charge in [-0.2, -0.15) is 4.98 Å². The molecule has 0 fully saturated rings. The number of rotatable bonds is 6. The Morgan fingerprint density at radius 3 is 2.78 bits per heavy atom. The molecule has 0 amide bonds. The SMILES string of the molecule is FC(F)COc1ccccc1-c1cccn2nc(NC3CCc4ccccc4NC3)nc12. The highest BCUT2D eigenvalue weighted by Crippen LogP contribution is 2.33. The molecule has 1 unspecified atom stereocenters. The minimum Gasteiger partial charge on any atom is -0.487 e. The molecular formula is C24H23F2N5O. The minimum atomic E-state index is -2.54. The van der Waals surface area contributed by atoms with Crippen LogP contribution in [0.5, 0.6) is 5.75 Å². The molecule has 1 aliphatic rings. The van der Waals surface area contributed by atoms with E-state index in [1.54, 1.807) is 16.6 Å². The third-order valence-corrected chi connectivity index (χ3v) is 5.56. The fraction of sp³-hybridized carbons (Fsp3) is 0.250. The van der Waals surface area contributed by atoms with Crippen LogP contribution in [0.15, 0.2) is 66.9 Å². The molecule has 6 nitrogen and oxygen atoms in total. The maximum Gasteiger partial charge on any atom is 0.272 e. The zero-order valence-corrected chi connectivity index (χ0v) is 17.3. The van der Waals surface area contributed by atoms with Crippen LogP contribution in [0.25, 0.3) is 16.8 Å². The van der Waals surface area contributed by atoms with Crippen molar-refractivity contribution in [1.82, 2.24) is 14.6 Å². The second-order valence-corrected chi connectivity index (χ2v) is 7.74. The number of fused-ring (bicyclic) bond motifs is 2. The Morgan fingerprint density at radius 2 is 1.88 bits per heavy atom. The monoisotopic (exact) mass is 435 g/mol. The molecule has 2 N–H and O–H groups in total. The van der Waals surface area contributed by atoms with Crippen LogP contribution in [0.3, 0.4) is 0 Å². The molecular weight excluding hydrogens is 412 g/mol. The second kappa shape index (κ2) is 8.82. The largest absolute Gasteiger partial charge is 0.487 e. The van der Waals surface area contributed by atoms with Crippen molar-refractivity contribution in [2.45, 2.75) is 25.3 Å². The number of ether oxygens (including phenoxy) is 1. The molecule has 32 heavy (non-hydrogen) atoms. The van der Waals surface area contributed by atoms with Gasteiger partial charge < -0.3 is 15.4 Å². The van der Waals surface area contributed by atoms with Crippen molar-refractivity contribution in [3.8, 4) is 16.9 Å². The molecule has 0 bridgehead atoms. The molecule has 3 heterocycles. The van der Waals surface area contributed by atoms with Crippen LogP contribution in [0.4, 0.5) is 20.4 Å². The van der Waals surface area contributed by atoms with Crippen LogP contribution in [0.1, 0.15) is 12.0 Å². The fourth-order valence-electron chi connectivity index (χ4n) is 4.03. The molecule has 2 aromatic heterocycles. The van der Waals surface area contributed by atoms with Crippen molar-refractivity contribution in [2.75, 3.05) is 23.8 Å². The van der Waals surface area contributed by atoms with Gasteiger partial charge in [0.15, 0.2) is 5.65 Å². The molecule has 8 heteroatoms. The van der Waals surface area contributed by atoms with E-state index < -0.39 is 13.0 Å². The lowest BCUT2D eigenvalue weighted by Crippen LogP contribution is -2.27. The van der Waals surface area contributed by atoms with Crippen molar-refractivity contribution in [1.29, 1.82) is 0 Å². The molecule has 4 aromatic rings. The van der Waals surface area contributed by atoms with Gasteiger partial charge in [0, 0.05) is 35.6 Å². The summed E-state index contributed by atoms with van der Waals surface area (Å²) in [6.45, 7) is 0.112. The Morgan fingerprint density at radius 1 is 1.06 bits per heavy atom. The van der Waals surface area contributed by atoms with Gasteiger partial charge in [-0.3, -0.25) is 0 Å². The van der Waals surface area contributed by atoms with Gasteiger partial charge in [-0.05, 0) is 42.7 Å². The molecule has 0 spiro atoms. The van der Waals surface area contributed by atoms with Gasteiger partial charge in [-0.15, -0.1) is 5.10 Å². The summed E-state index contributed by atoms with van der Waals surface area (Å²) in [5.74, 6) is 0.922. The predicted molar refractivity (Wildman–Crippen MR) is 121 cm³/mol. The lowest BCUT2D eigenvalue weighted by Gasteiger charge is -2.15. The van der Waals surface area contributed by atoms with E-state index in [0.29, 0.717) is 22.9 Å². The molecule has 164 valence electrons. The Kier molecular flexibility index (Phi) is 5.58. The molecule has 1 aliphatic heterocycles. The Hall–Kier alpha value is -3.68. The van der Waals surface area contributed by atoms with E-state index in [2.05, 4.69) is 33.9 Å². The van der Waals surface area contributed by atoms with Gasteiger partial charge in [-0.25, -0.2) is 13.3 Å². The Balaban J connectivity index is 1.40. The van der Waals surface area contributed by atoms with Gasteiger partial charge in [-0.1, -0.05) is 36.4 Å². The quantitative estimate of drug-likeness (QED) is 0.452. The summed E-state index contributed by atoms with van der Waals surface area (Å²) < 4.78 is 32.4. The number of pyridine rings is 1. The summed E-state index contributed by atoms with van der Waals surface area (Å²) >= 11 is 0. The van der Waals surface area contributed by atoms with Crippen molar-refractivity contribution in [3.05, 3.63) is 72.4 Å². The highest BCUT2D eigenvalue weighted by atomic mass is 19.3. The van der Waals surface area contributed by atoms with Crippen molar-refractivity contribution < 1.29 is 13.5 Å². The Bertz CT molecular complexity index is 1200. The van der Waals surface area contributed by atoms with Gasteiger partial charge in [0.05, 0.1) is 0 Å². The summed E-state index contributed by atoms with van der Waals surface area (Å²) in [7, 11) is 0. The van der Waals surface area contributed by atoms with Gasteiger partial charge in [0.25, 0.3) is 6.43 Å². The highest BCUT2D eigenvalue weighted by molar-refractivity contribution is 5.81. The first-order valence-electron chi connectivity index (χ1n) is 10.6. The van der Waals surface area contributed by atoms with Crippen molar-refractivity contribution in [3.63, 3.8) is 0 Å². The number of nitrogens with one attached hydrogen (secondary N) is 2. The van der Waals surface area contributed by atoms with E-state index in [4.69, 9.17) is 9.72 Å². The van der Waals surface area contributed by atoms with E-state index in [1.165, 1.54) is 11.3 Å². The number of alkyl halides is 2. The first-order valence-corrected chi connectivity index (χ1v) is 10.6.